The average Bonchev–Trinajstić information content (AvgIpc) is 2.51. The Morgan fingerprint density at radius 1 is 0.955 bits per heavy atom. The van der Waals surface area contributed by atoms with E-state index < -0.39 is 0 Å². The lowest BCUT2D eigenvalue weighted by molar-refractivity contribution is 0.443. The van der Waals surface area contributed by atoms with Crippen LogP contribution < -0.4 is 5.32 Å². The molecule has 0 spiro atoms. The molecule has 2 aromatic rings. The molecular formula is C19H23N3. The average molecular weight is 293 g/mol. The van der Waals surface area contributed by atoms with Gasteiger partial charge in [-0.2, -0.15) is 0 Å². The van der Waals surface area contributed by atoms with Crippen molar-refractivity contribution in [2.75, 3.05) is 5.32 Å². The number of hydrogen-bond donors (Lipinski definition) is 1. The fourth-order valence-electron chi connectivity index (χ4n) is 3.29. The van der Waals surface area contributed by atoms with Crippen molar-refractivity contribution in [2.45, 2.75) is 57.9 Å². The van der Waals surface area contributed by atoms with E-state index in [9.17, 15) is 0 Å². The minimum atomic E-state index is 0.617. The normalized spacial score (nSPS) is 17.7. The minimum Gasteiger partial charge on any atom is -0.367 e. The van der Waals surface area contributed by atoms with Crippen molar-refractivity contribution >= 4 is 5.82 Å². The van der Waals surface area contributed by atoms with Crippen LogP contribution in [0.5, 0.6) is 0 Å². The van der Waals surface area contributed by atoms with Crippen LogP contribution in [0.15, 0.2) is 24.3 Å². The second kappa shape index (κ2) is 5.71. The van der Waals surface area contributed by atoms with E-state index in [-0.39, 0.29) is 0 Å². The second-order valence-corrected chi connectivity index (χ2v) is 6.67. The lowest BCUT2D eigenvalue weighted by Crippen LogP contribution is -2.29. The molecule has 2 aliphatic rings. The summed E-state index contributed by atoms with van der Waals surface area (Å²) in [5, 5.41) is 3.68. The van der Waals surface area contributed by atoms with Gasteiger partial charge in [0.2, 0.25) is 0 Å². The molecule has 1 aromatic carbocycles. The van der Waals surface area contributed by atoms with Crippen molar-refractivity contribution in [1.29, 1.82) is 0 Å². The molecule has 1 N–H and O–H groups in total. The molecular weight excluding hydrogens is 270 g/mol. The zero-order chi connectivity index (χ0) is 14.9. The maximum absolute atomic E-state index is 4.89. The Bertz CT molecular complexity index is 672. The number of nitrogens with zero attached hydrogens (tertiary/aromatic N) is 2. The predicted octanol–water partition coefficient (Wildman–Crippen LogP) is 4.30. The number of hydrogen-bond acceptors (Lipinski definition) is 3. The van der Waals surface area contributed by atoms with Crippen LogP contribution in [0.25, 0.3) is 11.4 Å². The summed E-state index contributed by atoms with van der Waals surface area (Å²) in [5.74, 6) is 1.98. The molecule has 0 radical (unpaired) electrons. The molecule has 114 valence electrons. The van der Waals surface area contributed by atoms with Gasteiger partial charge < -0.3 is 5.32 Å². The molecule has 1 aromatic heterocycles. The van der Waals surface area contributed by atoms with Crippen molar-refractivity contribution in [2.24, 2.45) is 0 Å². The summed E-state index contributed by atoms with van der Waals surface area (Å²) < 4.78 is 0. The molecule has 0 aliphatic heterocycles. The fourth-order valence-corrected chi connectivity index (χ4v) is 3.29. The minimum absolute atomic E-state index is 0.617. The standard InChI is InChI=1S/C19H23N3/c1-13-9-11-14(12-10-13)18-21-17-8-3-2-7-16(17)19(22-18)20-15-5-4-6-15/h9-12,15H,2-8H2,1H3,(H,20,21,22). The van der Waals surface area contributed by atoms with Crippen molar-refractivity contribution in [1.82, 2.24) is 9.97 Å². The van der Waals surface area contributed by atoms with Crippen LogP contribution in [0.3, 0.4) is 0 Å². The quantitative estimate of drug-likeness (QED) is 0.917. The first kappa shape index (κ1) is 13.7. The van der Waals surface area contributed by atoms with Gasteiger partial charge in [-0.25, -0.2) is 9.97 Å². The van der Waals surface area contributed by atoms with Crippen molar-refractivity contribution in [3.63, 3.8) is 0 Å². The Morgan fingerprint density at radius 2 is 1.73 bits per heavy atom. The molecule has 0 bridgehead atoms. The van der Waals surface area contributed by atoms with Crippen molar-refractivity contribution < 1.29 is 0 Å². The van der Waals surface area contributed by atoms with Gasteiger partial charge in [0.25, 0.3) is 0 Å². The fraction of sp³-hybridized carbons (Fsp3) is 0.474. The second-order valence-electron chi connectivity index (χ2n) is 6.67. The number of aromatic nitrogens is 2. The van der Waals surface area contributed by atoms with Crippen LogP contribution >= 0.6 is 0 Å². The summed E-state index contributed by atoms with van der Waals surface area (Å²) in [6, 6.07) is 9.15. The lowest BCUT2D eigenvalue weighted by atomic mass is 9.91. The van der Waals surface area contributed by atoms with Gasteiger partial charge in [-0.15, -0.1) is 0 Å². The highest BCUT2D eigenvalue weighted by molar-refractivity contribution is 5.61. The van der Waals surface area contributed by atoms with E-state index >= 15 is 0 Å². The Hall–Kier alpha value is -1.90. The third kappa shape index (κ3) is 2.60. The topological polar surface area (TPSA) is 37.8 Å². The summed E-state index contributed by atoms with van der Waals surface area (Å²) in [6.45, 7) is 2.11. The lowest BCUT2D eigenvalue weighted by Gasteiger charge is -2.29. The van der Waals surface area contributed by atoms with E-state index in [1.54, 1.807) is 0 Å². The van der Waals surface area contributed by atoms with Crippen LogP contribution in [0.4, 0.5) is 5.82 Å². The molecule has 0 atom stereocenters. The van der Waals surface area contributed by atoms with Gasteiger partial charge in [-0.05, 0) is 51.9 Å². The summed E-state index contributed by atoms with van der Waals surface area (Å²) in [7, 11) is 0. The van der Waals surface area contributed by atoms with Crippen LogP contribution in [-0.2, 0) is 12.8 Å². The molecule has 22 heavy (non-hydrogen) atoms. The van der Waals surface area contributed by atoms with Gasteiger partial charge in [0, 0.05) is 22.9 Å². The Labute approximate surface area is 132 Å². The molecule has 2 aliphatic carbocycles. The molecule has 0 amide bonds. The highest BCUT2D eigenvalue weighted by Gasteiger charge is 2.23. The SMILES string of the molecule is Cc1ccc(-c2nc3c(c(NC4CCC4)n2)CCCC3)cc1. The van der Waals surface area contributed by atoms with Crippen LogP contribution in [0.1, 0.15) is 48.9 Å². The third-order valence-corrected chi connectivity index (χ3v) is 4.94. The number of rotatable bonds is 3. The molecule has 1 fully saturated rings. The van der Waals surface area contributed by atoms with E-state index in [1.807, 2.05) is 0 Å². The highest BCUT2D eigenvalue weighted by atomic mass is 15.1. The van der Waals surface area contributed by atoms with E-state index in [1.165, 1.54) is 48.9 Å². The van der Waals surface area contributed by atoms with Gasteiger partial charge in [0.15, 0.2) is 5.82 Å². The smallest absolute Gasteiger partial charge is 0.161 e. The molecule has 0 saturated heterocycles. The molecule has 3 heteroatoms. The number of anilines is 1. The number of benzene rings is 1. The van der Waals surface area contributed by atoms with E-state index in [4.69, 9.17) is 9.97 Å². The van der Waals surface area contributed by atoms with Gasteiger partial charge in [0.05, 0.1) is 0 Å². The molecule has 1 heterocycles. The van der Waals surface area contributed by atoms with E-state index in [0.717, 1.165) is 30.0 Å². The maximum Gasteiger partial charge on any atom is 0.161 e. The summed E-state index contributed by atoms with van der Waals surface area (Å²) in [4.78, 5) is 9.76. The summed E-state index contributed by atoms with van der Waals surface area (Å²) >= 11 is 0. The largest absolute Gasteiger partial charge is 0.367 e. The zero-order valence-electron chi connectivity index (χ0n) is 13.2. The summed E-state index contributed by atoms with van der Waals surface area (Å²) in [6.07, 6.45) is 8.63. The monoisotopic (exact) mass is 293 g/mol. The van der Waals surface area contributed by atoms with Crippen LogP contribution in [-0.4, -0.2) is 16.0 Å². The third-order valence-electron chi connectivity index (χ3n) is 4.94. The van der Waals surface area contributed by atoms with Crippen molar-refractivity contribution in [3.05, 3.63) is 41.1 Å². The Balaban J connectivity index is 1.74. The summed E-state index contributed by atoms with van der Waals surface area (Å²) in [5.41, 5.74) is 5.03. The van der Waals surface area contributed by atoms with Gasteiger partial charge in [-0.1, -0.05) is 29.8 Å². The number of aryl methyl sites for hydroxylation is 2. The molecule has 0 unspecified atom stereocenters. The first-order valence-corrected chi connectivity index (χ1v) is 8.53. The van der Waals surface area contributed by atoms with E-state index in [0.29, 0.717) is 6.04 Å². The zero-order valence-corrected chi connectivity index (χ0v) is 13.2. The Kier molecular flexibility index (Phi) is 3.57. The molecule has 4 rings (SSSR count). The first-order chi connectivity index (χ1) is 10.8. The highest BCUT2D eigenvalue weighted by Crippen LogP contribution is 2.31. The predicted molar refractivity (Wildman–Crippen MR) is 90.1 cm³/mol. The van der Waals surface area contributed by atoms with Gasteiger partial charge in [0.1, 0.15) is 5.82 Å². The first-order valence-electron chi connectivity index (χ1n) is 8.53. The van der Waals surface area contributed by atoms with Crippen LogP contribution in [0, 0.1) is 6.92 Å². The Morgan fingerprint density at radius 3 is 2.45 bits per heavy atom. The number of nitrogens with one attached hydrogen (secondary N) is 1. The van der Waals surface area contributed by atoms with E-state index in [2.05, 4.69) is 36.5 Å². The number of fused-ring (bicyclic) bond motifs is 1. The molecule has 1 saturated carbocycles. The van der Waals surface area contributed by atoms with Crippen LogP contribution in [0.2, 0.25) is 0 Å². The molecule has 3 nitrogen and oxygen atoms in total. The maximum atomic E-state index is 4.89. The van der Waals surface area contributed by atoms with Gasteiger partial charge >= 0.3 is 0 Å². The van der Waals surface area contributed by atoms with Gasteiger partial charge in [-0.3, -0.25) is 0 Å². The van der Waals surface area contributed by atoms with Crippen molar-refractivity contribution in [3.8, 4) is 11.4 Å².